The van der Waals surface area contributed by atoms with E-state index in [1.54, 1.807) is 6.20 Å². The van der Waals surface area contributed by atoms with Gasteiger partial charge in [0.2, 0.25) is 5.88 Å². The Morgan fingerprint density at radius 3 is 3.21 bits per heavy atom. The van der Waals surface area contributed by atoms with Gasteiger partial charge >= 0.3 is 0 Å². The number of pyridine rings is 1. The van der Waals surface area contributed by atoms with E-state index in [0.717, 1.165) is 53.7 Å². The normalized spacial score (nSPS) is 17.2. The van der Waals surface area contributed by atoms with Gasteiger partial charge in [-0.05, 0) is 43.2 Å². The Morgan fingerprint density at radius 1 is 1.36 bits per heavy atom. The van der Waals surface area contributed by atoms with Gasteiger partial charge in [-0.25, -0.2) is 0 Å². The number of rotatable bonds is 5. The van der Waals surface area contributed by atoms with Gasteiger partial charge in [-0.1, -0.05) is 0 Å². The first kappa shape index (κ1) is 17.0. The number of aryl methyl sites for hydroxylation is 1. The summed E-state index contributed by atoms with van der Waals surface area (Å²) in [6.45, 7) is 2.27. The molecular weight excluding hydrogens is 356 g/mol. The van der Waals surface area contributed by atoms with E-state index in [-0.39, 0.29) is 0 Å². The van der Waals surface area contributed by atoms with Gasteiger partial charge in [-0.3, -0.25) is 14.8 Å². The summed E-state index contributed by atoms with van der Waals surface area (Å²) in [4.78, 5) is 4.39. The van der Waals surface area contributed by atoms with Crippen molar-refractivity contribution in [2.75, 3.05) is 25.1 Å². The van der Waals surface area contributed by atoms with Crippen molar-refractivity contribution in [3.05, 3.63) is 36.5 Å². The fourth-order valence-electron chi connectivity index (χ4n) is 3.62. The molecule has 1 fully saturated rings. The Labute approximate surface area is 161 Å². The van der Waals surface area contributed by atoms with Crippen LogP contribution < -0.4 is 10.1 Å². The summed E-state index contributed by atoms with van der Waals surface area (Å²) in [5.74, 6) is 1.81. The van der Waals surface area contributed by atoms with Crippen LogP contribution in [0.25, 0.3) is 21.9 Å². The minimum Gasteiger partial charge on any atom is -0.476 e. The summed E-state index contributed by atoms with van der Waals surface area (Å²) in [6.07, 6.45) is 4.00. The third-order valence-electron chi connectivity index (χ3n) is 5.11. The van der Waals surface area contributed by atoms with E-state index in [1.807, 2.05) is 42.1 Å². The van der Waals surface area contributed by atoms with Crippen LogP contribution in [0.2, 0.25) is 0 Å². The zero-order valence-corrected chi connectivity index (χ0v) is 15.7. The molecule has 0 spiro atoms. The Hall–Kier alpha value is -3.13. The number of hydrogen-bond donors (Lipinski definition) is 2. The molecule has 1 unspecified atom stereocenters. The third-order valence-corrected chi connectivity index (χ3v) is 5.11. The second-order valence-corrected chi connectivity index (χ2v) is 7.15. The molecule has 3 aromatic heterocycles. The lowest BCUT2D eigenvalue weighted by atomic mass is 10.0. The van der Waals surface area contributed by atoms with Crippen LogP contribution >= 0.6 is 0 Å². The fraction of sp³-hybridized carbons (Fsp3) is 0.350. The first-order chi connectivity index (χ1) is 13.8. The van der Waals surface area contributed by atoms with Crippen molar-refractivity contribution < 1.29 is 9.47 Å². The number of anilines is 2. The maximum Gasteiger partial charge on any atom is 0.240 e. The second kappa shape index (κ2) is 7.12. The molecule has 0 amide bonds. The predicted octanol–water partition coefficient (Wildman–Crippen LogP) is 3.39. The highest BCUT2D eigenvalue weighted by molar-refractivity contribution is 5.91. The Kier molecular flexibility index (Phi) is 4.32. The highest BCUT2D eigenvalue weighted by Gasteiger charge is 2.17. The molecule has 0 radical (unpaired) electrons. The van der Waals surface area contributed by atoms with Crippen LogP contribution in [0.5, 0.6) is 5.88 Å². The number of aromatic nitrogens is 5. The monoisotopic (exact) mass is 378 g/mol. The molecule has 0 bridgehead atoms. The number of aromatic amines is 1. The highest BCUT2D eigenvalue weighted by atomic mass is 16.5. The van der Waals surface area contributed by atoms with Gasteiger partial charge in [-0.15, -0.1) is 5.10 Å². The first-order valence-electron chi connectivity index (χ1n) is 9.51. The molecule has 28 heavy (non-hydrogen) atoms. The molecule has 8 nitrogen and oxygen atoms in total. The van der Waals surface area contributed by atoms with E-state index in [4.69, 9.17) is 9.47 Å². The summed E-state index contributed by atoms with van der Waals surface area (Å²) < 4.78 is 13.4. The van der Waals surface area contributed by atoms with Crippen LogP contribution in [0.4, 0.5) is 11.5 Å². The van der Waals surface area contributed by atoms with E-state index in [0.29, 0.717) is 24.2 Å². The van der Waals surface area contributed by atoms with Crippen molar-refractivity contribution in [2.24, 2.45) is 13.0 Å². The SMILES string of the molecule is Cn1nc(OCC2CCCOC2)c2ccc(Nc3n[nH]c4cccnc34)cc21. The van der Waals surface area contributed by atoms with Gasteiger partial charge < -0.3 is 14.8 Å². The molecule has 5 rings (SSSR count). The van der Waals surface area contributed by atoms with Crippen LogP contribution in [0, 0.1) is 5.92 Å². The molecule has 1 aliphatic rings. The van der Waals surface area contributed by atoms with Gasteiger partial charge in [0, 0.05) is 31.5 Å². The Morgan fingerprint density at radius 2 is 2.32 bits per heavy atom. The van der Waals surface area contributed by atoms with Crippen molar-refractivity contribution in [3.63, 3.8) is 0 Å². The van der Waals surface area contributed by atoms with Gasteiger partial charge in [0.05, 0.1) is 29.6 Å². The number of hydrogen-bond acceptors (Lipinski definition) is 6. The van der Waals surface area contributed by atoms with Crippen LogP contribution in [0.15, 0.2) is 36.5 Å². The summed E-state index contributed by atoms with van der Waals surface area (Å²) in [5.41, 5.74) is 3.62. The van der Waals surface area contributed by atoms with Gasteiger partial charge in [0.25, 0.3) is 0 Å². The van der Waals surface area contributed by atoms with Crippen LogP contribution in [-0.2, 0) is 11.8 Å². The number of H-pyrrole nitrogens is 1. The summed E-state index contributed by atoms with van der Waals surface area (Å²) >= 11 is 0. The van der Waals surface area contributed by atoms with E-state index in [1.165, 1.54) is 0 Å². The summed E-state index contributed by atoms with van der Waals surface area (Å²) in [7, 11) is 1.92. The summed E-state index contributed by atoms with van der Waals surface area (Å²) in [6, 6.07) is 9.91. The van der Waals surface area contributed by atoms with Gasteiger partial charge in [0.1, 0.15) is 5.52 Å². The maximum absolute atomic E-state index is 6.02. The average molecular weight is 378 g/mol. The molecule has 4 aromatic rings. The van der Waals surface area contributed by atoms with Gasteiger partial charge in [-0.2, -0.15) is 5.10 Å². The van der Waals surface area contributed by atoms with Crippen molar-refractivity contribution in [2.45, 2.75) is 12.8 Å². The number of benzene rings is 1. The number of ether oxygens (including phenoxy) is 2. The van der Waals surface area contributed by atoms with E-state index in [9.17, 15) is 0 Å². The molecule has 1 aromatic carbocycles. The molecule has 4 heterocycles. The molecule has 8 heteroatoms. The Balaban J connectivity index is 1.38. The molecule has 1 atom stereocenters. The van der Waals surface area contributed by atoms with Crippen molar-refractivity contribution >= 4 is 33.4 Å². The lowest BCUT2D eigenvalue weighted by Gasteiger charge is -2.21. The maximum atomic E-state index is 6.02. The first-order valence-corrected chi connectivity index (χ1v) is 9.51. The second-order valence-electron chi connectivity index (χ2n) is 7.15. The lowest BCUT2D eigenvalue weighted by molar-refractivity contribution is 0.0346. The number of nitrogens with one attached hydrogen (secondary N) is 2. The average Bonchev–Trinajstić information content (AvgIpc) is 3.28. The molecule has 2 N–H and O–H groups in total. The van der Waals surface area contributed by atoms with Crippen LogP contribution in [0.1, 0.15) is 12.8 Å². The topological polar surface area (TPSA) is 89.9 Å². The molecule has 1 aliphatic heterocycles. The smallest absolute Gasteiger partial charge is 0.240 e. The standard InChI is InChI=1S/C20H22N6O2/c1-26-17-10-14(22-19-18-16(23-24-19)5-2-8-21-18)6-7-15(17)20(25-26)28-12-13-4-3-9-27-11-13/h2,5-8,10,13H,3-4,9,11-12H2,1H3,(H2,22,23,24). The molecule has 0 aliphatic carbocycles. The fourth-order valence-corrected chi connectivity index (χ4v) is 3.62. The molecule has 1 saturated heterocycles. The molecule has 0 saturated carbocycles. The molecular formula is C20H22N6O2. The van der Waals surface area contributed by atoms with E-state index in [2.05, 4.69) is 25.6 Å². The van der Waals surface area contributed by atoms with Crippen molar-refractivity contribution in [3.8, 4) is 5.88 Å². The van der Waals surface area contributed by atoms with Crippen molar-refractivity contribution in [1.82, 2.24) is 25.0 Å². The van der Waals surface area contributed by atoms with Crippen molar-refractivity contribution in [1.29, 1.82) is 0 Å². The zero-order valence-electron chi connectivity index (χ0n) is 15.7. The molecule has 144 valence electrons. The van der Waals surface area contributed by atoms with E-state index < -0.39 is 0 Å². The van der Waals surface area contributed by atoms with Crippen LogP contribution in [-0.4, -0.2) is 44.8 Å². The minimum absolute atomic E-state index is 0.437. The lowest BCUT2D eigenvalue weighted by Crippen LogP contribution is -2.23. The zero-order chi connectivity index (χ0) is 18.9. The largest absolute Gasteiger partial charge is 0.476 e. The minimum atomic E-state index is 0.437. The highest BCUT2D eigenvalue weighted by Crippen LogP contribution is 2.30. The van der Waals surface area contributed by atoms with Gasteiger partial charge in [0.15, 0.2) is 5.82 Å². The number of fused-ring (bicyclic) bond motifs is 2. The number of nitrogens with zero attached hydrogens (tertiary/aromatic N) is 4. The quantitative estimate of drug-likeness (QED) is 0.553. The van der Waals surface area contributed by atoms with E-state index >= 15 is 0 Å². The Bertz CT molecular complexity index is 1110. The third kappa shape index (κ3) is 3.16. The predicted molar refractivity (Wildman–Crippen MR) is 107 cm³/mol. The van der Waals surface area contributed by atoms with Crippen LogP contribution in [0.3, 0.4) is 0 Å². The summed E-state index contributed by atoms with van der Waals surface area (Å²) in [5, 5.41) is 16.2.